The van der Waals surface area contributed by atoms with Gasteiger partial charge in [0.25, 0.3) is 5.91 Å². The van der Waals surface area contributed by atoms with Gasteiger partial charge in [-0.2, -0.15) is 0 Å². The second-order valence-electron chi connectivity index (χ2n) is 6.10. The molecule has 3 rings (SSSR count). The fraction of sp³-hybridized carbons (Fsp3) is 0.158. The summed E-state index contributed by atoms with van der Waals surface area (Å²) in [5.41, 5.74) is 3.44. The normalized spacial score (nSPS) is 16.7. The van der Waals surface area contributed by atoms with Crippen molar-refractivity contribution in [1.29, 1.82) is 0 Å². The molecule has 0 fully saturated rings. The summed E-state index contributed by atoms with van der Waals surface area (Å²) >= 11 is 8.65. The summed E-state index contributed by atoms with van der Waals surface area (Å²) in [6, 6.07) is 12.1. The molecule has 134 valence electrons. The number of anilines is 1. The molecule has 5 nitrogen and oxygen atoms in total. The van der Waals surface area contributed by atoms with Crippen LogP contribution in [0.4, 0.5) is 5.69 Å². The number of carbonyl (C=O) groups is 1. The lowest BCUT2D eigenvalue weighted by molar-refractivity contribution is -0.113. The van der Waals surface area contributed by atoms with Crippen molar-refractivity contribution in [2.24, 2.45) is 0 Å². The van der Waals surface area contributed by atoms with Crippen LogP contribution in [-0.2, 0) is 4.79 Å². The molecule has 1 amide bonds. The monoisotopic (exact) mass is 431 g/mol. The molecule has 1 unspecified atom stereocenters. The quantitative estimate of drug-likeness (QED) is 0.554. The highest BCUT2D eigenvalue weighted by Gasteiger charge is 2.31. The molecular weight excluding hydrogens is 414 g/mol. The molecule has 1 aliphatic heterocycles. The van der Waals surface area contributed by atoms with Crippen LogP contribution < -0.4 is 16.0 Å². The number of phenolic OH excluding ortho intramolecular Hbond substituents is 1. The molecule has 2 aromatic rings. The van der Waals surface area contributed by atoms with Gasteiger partial charge in [0.1, 0.15) is 5.75 Å². The van der Waals surface area contributed by atoms with Gasteiger partial charge >= 0.3 is 0 Å². The number of halogens is 1. The Morgan fingerprint density at radius 2 is 2.00 bits per heavy atom. The lowest BCUT2D eigenvalue weighted by atomic mass is 9.94. The highest BCUT2D eigenvalue weighted by atomic mass is 79.9. The van der Waals surface area contributed by atoms with Crippen molar-refractivity contribution in [1.82, 2.24) is 10.6 Å². The van der Waals surface area contributed by atoms with Crippen molar-refractivity contribution in [3.05, 3.63) is 69.3 Å². The van der Waals surface area contributed by atoms with E-state index >= 15 is 0 Å². The maximum Gasteiger partial charge on any atom is 0.255 e. The number of aryl methyl sites for hydroxylation is 1. The Labute approximate surface area is 165 Å². The fourth-order valence-corrected chi connectivity index (χ4v) is 3.56. The molecule has 0 radical (unpaired) electrons. The van der Waals surface area contributed by atoms with Crippen molar-refractivity contribution in [3.63, 3.8) is 0 Å². The first-order valence-electron chi connectivity index (χ1n) is 8.00. The van der Waals surface area contributed by atoms with Gasteiger partial charge in [-0.25, -0.2) is 0 Å². The van der Waals surface area contributed by atoms with E-state index < -0.39 is 6.04 Å². The van der Waals surface area contributed by atoms with Gasteiger partial charge in [-0.1, -0.05) is 28.1 Å². The highest BCUT2D eigenvalue weighted by Crippen LogP contribution is 2.34. The van der Waals surface area contributed by atoms with E-state index in [1.54, 1.807) is 25.1 Å². The van der Waals surface area contributed by atoms with E-state index in [1.165, 1.54) is 0 Å². The minimum Gasteiger partial charge on any atom is -0.508 e. The van der Waals surface area contributed by atoms with Gasteiger partial charge in [0.2, 0.25) is 0 Å². The lowest BCUT2D eigenvalue weighted by Crippen LogP contribution is -2.45. The van der Waals surface area contributed by atoms with E-state index in [2.05, 4.69) is 31.9 Å². The molecule has 0 spiro atoms. The maximum absolute atomic E-state index is 13.0. The molecule has 1 atom stereocenters. The number of allylic oxidation sites excluding steroid dienone is 1. The smallest absolute Gasteiger partial charge is 0.255 e. The van der Waals surface area contributed by atoms with Crippen LogP contribution >= 0.6 is 28.1 Å². The van der Waals surface area contributed by atoms with Crippen molar-refractivity contribution in [3.8, 4) is 5.75 Å². The lowest BCUT2D eigenvalue weighted by Gasteiger charge is -2.30. The Morgan fingerprint density at radius 3 is 2.73 bits per heavy atom. The third-order valence-electron chi connectivity index (χ3n) is 4.09. The molecule has 0 aromatic heterocycles. The number of amides is 1. The fourth-order valence-electron chi connectivity index (χ4n) is 2.91. The minimum atomic E-state index is -0.564. The summed E-state index contributed by atoms with van der Waals surface area (Å²) < 4.78 is 0.799. The summed E-state index contributed by atoms with van der Waals surface area (Å²) in [6.07, 6.45) is 0. The van der Waals surface area contributed by atoms with E-state index in [0.717, 1.165) is 10.0 Å². The largest absolute Gasteiger partial charge is 0.508 e. The van der Waals surface area contributed by atoms with Crippen LogP contribution in [0.3, 0.4) is 0 Å². The van der Waals surface area contributed by atoms with Crippen molar-refractivity contribution < 1.29 is 9.90 Å². The van der Waals surface area contributed by atoms with E-state index in [9.17, 15) is 9.90 Å². The van der Waals surface area contributed by atoms with Crippen molar-refractivity contribution >= 4 is 44.9 Å². The molecule has 4 N–H and O–H groups in total. The Hall–Kier alpha value is -2.38. The standard InChI is InChI=1S/C19H18BrN3O2S/c1-10-4-3-5-13(8-10)22-18(25)16-11(2)21-19(26)23-17(16)14-9-12(20)6-7-15(14)24/h3-9,17,24H,1-2H3,(H,22,25)(H2,21,23,26). The number of hydrogen-bond donors (Lipinski definition) is 4. The van der Waals surface area contributed by atoms with Crippen LogP contribution in [-0.4, -0.2) is 16.1 Å². The molecule has 0 aliphatic carbocycles. The maximum atomic E-state index is 13.0. The second-order valence-corrected chi connectivity index (χ2v) is 7.42. The van der Waals surface area contributed by atoms with Gasteiger partial charge in [0.05, 0.1) is 11.6 Å². The number of carbonyl (C=O) groups excluding carboxylic acids is 1. The zero-order valence-electron chi connectivity index (χ0n) is 14.3. The molecule has 0 bridgehead atoms. The van der Waals surface area contributed by atoms with Gasteiger partial charge in [-0.05, 0) is 62.0 Å². The Kier molecular flexibility index (Phi) is 5.29. The predicted molar refractivity (Wildman–Crippen MR) is 110 cm³/mol. The Morgan fingerprint density at radius 1 is 1.23 bits per heavy atom. The Bertz CT molecular complexity index is 927. The first-order valence-corrected chi connectivity index (χ1v) is 9.20. The zero-order valence-corrected chi connectivity index (χ0v) is 16.7. The average Bonchev–Trinajstić information content (AvgIpc) is 2.56. The van der Waals surface area contributed by atoms with Gasteiger partial charge in [-0.15, -0.1) is 0 Å². The van der Waals surface area contributed by atoms with E-state index in [-0.39, 0.29) is 11.7 Å². The van der Waals surface area contributed by atoms with Gasteiger partial charge < -0.3 is 21.1 Å². The molecular formula is C19H18BrN3O2S. The van der Waals surface area contributed by atoms with Crippen LogP contribution in [0.5, 0.6) is 5.75 Å². The minimum absolute atomic E-state index is 0.0871. The second kappa shape index (κ2) is 7.47. The molecule has 7 heteroatoms. The van der Waals surface area contributed by atoms with E-state index in [1.807, 2.05) is 31.2 Å². The summed E-state index contributed by atoms with van der Waals surface area (Å²) in [6.45, 7) is 3.75. The number of rotatable bonds is 3. The zero-order chi connectivity index (χ0) is 18.8. The third-order valence-corrected chi connectivity index (χ3v) is 4.80. The summed E-state index contributed by atoms with van der Waals surface area (Å²) in [5.74, 6) is -0.177. The predicted octanol–water partition coefficient (Wildman–Crippen LogP) is 3.89. The summed E-state index contributed by atoms with van der Waals surface area (Å²) in [4.78, 5) is 13.0. The number of phenols is 1. The van der Waals surface area contributed by atoms with Gasteiger partial charge in [0, 0.05) is 21.4 Å². The number of aromatic hydroxyl groups is 1. The molecule has 1 heterocycles. The van der Waals surface area contributed by atoms with E-state index in [4.69, 9.17) is 12.2 Å². The Balaban J connectivity index is 2.00. The highest BCUT2D eigenvalue weighted by molar-refractivity contribution is 9.10. The van der Waals surface area contributed by atoms with Crippen LogP contribution in [0.1, 0.15) is 24.1 Å². The average molecular weight is 432 g/mol. The van der Waals surface area contributed by atoms with Gasteiger partial charge in [-0.3, -0.25) is 4.79 Å². The van der Waals surface area contributed by atoms with Crippen LogP contribution in [0.2, 0.25) is 0 Å². The molecule has 2 aromatic carbocycles. The first-order chi connectivity index (χ1) is 12.3. The van der Waals surface area contributed by atoms with Crippen molar-refractivity contribution in [2.45, 2.75) is 19.9 Å². The van der Waals surface area contributed by atoms with Crippen molar-refractivity contribution in [2.75, 3.05) is 5.32 Å². The molecule has 1 aliphatic rings. The number of thiocarbonyl (C=S) groups is 1. The van der Waals surface area contributed by atoms with Crippen LogP contribution in [0, 0.1) is 6.92 Å². The molecule has 0 saturated carbocycles. The van der Waals surface area contributed by atoms with Crippen LogP contribution in [0.15, 0.2) is 58.2 Å². The summed E-state index contributed by atoms with van der Waals surface area (Å²) in [5, 5.41) is 19.7. The van der Waals surface area contributed by atoms with Crippen LogP contribution in [0.25, 0.3) is 0 Å². The first kappa shape index (κ1) is 18.4. The van der Waals surface area contributed by atoms with Gasteiger partial charge in [0.15, 0.2) is 5.11 Å². The third kappa shape index (κ3) is 3.89. The SMILES string of the molecule is CC1=C(C(=O)Nc2cccc(C)c2)C(c2cc(Br)ccc2O)NC(=S)N1. The number of nitrogens with one attached hydrogen (secondary N) is 3. The molecule has 0 saturated heterocycles. The summed E-state index contributed by atoms with van der Waals surface area (Å²) in [7, 11) is 0. The topological polar surface area (TPSA) is 73.4 Å². The van der Waals surface area contributed by atoms with E-state index in [0.29, 0.717) is 27.6 Å². The molecule has 26 heavy (non-hydrogen) atoms. The number of benzene rings is 2. The number of hydrogen-bond acceptors (Lipinski definition) is 3.